The Labute approximate surface area is 72.0 Å². The minimum Gasteiger partial charge on any atom is -0.323 e. The molecule has 0 atom stereocenters. The molecule has 0 aromatic heterocycles. The van der Waals surface area contributed by atoms with Gasteiger partial charge in [-0.15, -0.1) is 0 Å². The van der Waals surface area contributed by atoms with Crippen molar-refractivity contribution in [2.24, 2.45) is 21.9 Å². The summed E-state index contributed by atoms with van der Waals surface area (Å²) in [7, 11) is 0. The summed E-state index contributed by atoms with van der Waals surface area (Å²) in [5, 5.41) is 6.97. The second-order valence-electron chi connectivity index (χ2n) is 2.44. The van der Waals surface area contributed by atoms with Gasteiger partial charge in [0.25, 0.3) is 0 Å². The monoisotopic (exact) mass is 172 g/mol. The highest BCUT2D eigenvalue weighted by molar-refractivity contribution is 5.84. The molecule has 0 bridgehead atoms. The first-order chi connectivity index (χ1) is 5.70. The summed E-state index contributed by atoms with van der Waals surface area (Å²) in [5.74, 6) is 10.0. The van der Waals surface area contributed by atoms with Crippen molar-refractivity contribution in [3.05, 3.63) is 0 Å². The Morgan fingerprint density at radius 1 is 1.00 bits per heavy atom. The summed E-state index contributed by atoms with van der Waals surface area (Å²) < 4.78 is 0. The lowest BCUT2D eigenvalue weighted by Gasteiger charge is -2.04. The standard InChI is InChI=1S/C6H16N6/c1-5(11-7)3-9-10-4-6(2)12-8/h9-10H,3-4,7-8H2,1-2H3. The van der Waals surface area contributed by atoms with Crippen LogP contribution in [0.25, 0.3) is 0 Å². The third-order valence-electron chi connectivity index (χ3n) is 1.25. The lowest BCUT2D eigenvalue weighted by Crippen LogP contribution is -2.38. The molecule has 0 aromatic carbocycles. The Balaban J connectivity index is 3.34. The van der Waals surface area contributed by atoms with E-state index in [2.05, 4.69) is 21.1 Å². The largest absolute Gasteiger partial charge is 0.323 e. The zero-order valence-corrected chi connectivity index (χ0v) is 7.46. The van der Waals surface area contributed by atoms with E-state index in [4.69, 9.17) is 11.7 Å². The number of rotatable bonds is 5. The summed E-state index contributed by atoms with van der Waals surface area (Å²) >= 11 is 0. The Morgan fingerprint density at radius 2 is 1.33 bits per heavy atom. The highest BCUT2D eigenvalue weighted by Crippen LogP contribution is 1.69. The highest BCUT2D eigenvalue weighted by atomic mass is 15.4. The van der Waals surface area contributed by atoms with Gasteiger partial charge in [-0.25, -0.2) is 0 Å². The predicted octanol–water partition coefficient (Wildman–Crippen LogP) is -1.25. The average molecular weight is 172 g/mol. The summed E-state index contributed by atoms with van der Waals surface area (Å²) in [6, 6.07) is 0. The van der Waals surface area contributed by atoms with Crippen molar-refractivity contribution >= 4 is 11.4 Å². The number of nitrogens with one attached hydrogen (secondary N) is 2. The van der Waals surface area contributed by atoms with Crippen molar-refractivity contribution in [1.82, 2.24) is 10.9 Å². The van der Waals surface area contributed by atoms with E-state index in [1.165, 1.54) is 0 Å². The van der Waals surface area contributed by atoms with E-state index >= 15 is 0 Å². The molecule has 6 N–H and O–H groups in total. The molecule has 0 heterocycles. The van der Waals surface area contributed by atoms with Gasteiger partial charge in [0.1, 0.15) is 0 Å². The molecular weight excluding hydrogens is 156 g/mol. The van der Waals surface area contributed by atoms with E-state index in [1.807, 2.05) is 13.8 Å². The van der Waals surface area contributed by atoms with Crippen LogP contribution in [0.5, 0.6) is 0 Å². The predicted molar refractivity (Wildman–Crippen MR) is 50.6 cm³/mol. The first-order valence-electron chi connectivity index (χ1n) is 3.63. The van der Waals surface area contributed by atoms with Crippen LogP contribution in [0.2, 0.25) is 0 Å². The molecule has 0 saturated carbocycles. The fourth-order valence-corrected chi connectivity index (χ4v) is 0.472. The van der Waals surface area contributed by atoms with Crippen LogP contribution in [0.4, 0.5) is 0 Å². The second kappa shape index (κ2) is 6.56. The van der Waals surface area contributed by atoms with Gasteiger partial charge in [0, 0.05) is 24.5 Å². The van der Waals surface area contributed by atoms with E-state index < -0.39 is 0 Å². The zero-order chi connectivity index (χ0) is 9.40. The topological polar surface area (TPSA) is 101 Å². The Hall–Kier alpha value is -1.14. The van der Waals surface area contributed by atoms with Gasteiger partial charge in [-0.05, 0) is 13.8 Å². The maximum atomic E-state index is 5.02. The van der Waals surface area contributed by atoms with Crippen LogP contribution in [0, 0.1) is 0 Å². The molecule has 6 nitrogen and oxygen atoms in total. The zero-order valence-electron chi connectivity index (χ0n) is 7.46. The summed E-state index contributed by atoms with van der Waals surface area (Å²) in [4.78, 5) is 0. The molecule has 12 heavy (non-hydrogen) atoms. The van der Waals surface area contributed by atoms with Crippen LogP contribution in [-0.4, -0.2) is 24.5 Å². The number of hydrazine groups is 1. The normalized spacial score (nSPS) is 13.5. The maximum Gasteiger partial charge on any atom is 0.0499 e. The van der Waals surface area contributed by atoms with Crippen molar-refractivity contribution < 1.29 is 0 Å². The lowest BCUT2D eigenvalue weighted by molar-refractivity contribution is 0.628. The number of nitrogens with zero attached hydrogens (tertiary/aromatic N) is 2. The van der Waals surface area contributed by atoms with Crippen LogP contribution in [-0.2, 0) is 0 Å². The third kappa shape index (κ3) is 5.63. The maximum absolute atomic E-state index is 5.02. The smallest absolute Gasteiger partial charge is 0.0499 e. The minimum absolute atomic E-state index is 0.606. The van der Waals surface area contributed by atoms with E-state index in [0.717, 1.165) is 11.4 Å². The van der Waals surface area contributed by atoms with Gasteiger partial charge >= 0.3 is 0 Å². The first kappa shape index (κ1) is 10.9. The molecule has 0 rings (SSSR count). The fourth-order valence-electron chi connectivity index (χ4n) is 0.472. The van der Waals surface area contributed by atoms with Crippen LogP contribution in [0.15, 0.2) is 10.2 Å². The molecule has 6 heteroatoms. The van der Waals surface area contributed by atoms with Crippen LogP contribution >= 0.6 is 0 Å². The second-order valence-corrected chi connectivity index (χ2v) is 2.44. The van der Waals surface area contributed by atoms with Crippen LogP contribution in [0.3, 0.4) is 0 Å². The number of hydrogen-bond donors (Lipinski definition) is 4. The quantitative estimate of drug-likeness (QED) is 0.180. The lowest BCUT2D eigenvalue weighted by atomic mass is 10.4. The molecule has 0 aliphatic heterocycles. The van der Waals surface area contributed by atoms with E-state index in [-0.39, 0.29) is 0 Å². The van der Waals surface area contributed by atoms with Gasteiger partial charge in [0.05, 0.1) is 0 Å². The number of hydrogen-bond acceptors (Lipinski definition) is 6. The summed E-state index contributed by atoms with van der Waals surface area (Å²) in [5.41, 5.74) is 7.46. The minimum atomic E-state index is 0.606. The molecule has 0 fully saturated rings. The van der Waals surface area contributed by atoms with Gasteiger partial charge in [-0.3, -0.25) is 10.9 Å². The van der Waals surface area contributed by atoms with Crippen LogP contribution in [0.1, 0.15) is 13.8 Å². The van der Waals surface area contributed by atoms with Crippen molar-refractivity contribution in [3.8, 4) is 0 Å². The SMILES string of the molecule is CC(CNNCC(C)=NN)=NN. The summed E-state index contributed by atoms with van der Waals surface area (Å²) in [6.45, 7) is 4.87. The molecule has 0 saturated heterocycles. The van der Waals surface area contributed by atoms with Gasteiger partial charge in [-0.2, -0.15) is 10.2 Å². The average Bonchev–Trinajstić information content (AvgIpc) is 2.11. The first-order valence-corrected chi connectivity index (χ1v) is 3.63. The Morgan fingerprint density at radius 3 is 1.58 bits per heavy atom. The number of hydrazone groups is 2. The highest BCUT2D eigenvalue weighted by Gasteiger charge is 1.90. The molecule has 0 aromatic rings. The van der Waals surface area contributed by atoms with Gasteiger partial charge in [0.15, 0.2) is 0 Å². The van der Waals surface area contributed by atoms with Gasteiger partial charge in [-0.1, -0.05) is 0 Å². The Kier molecular flexibility index (Phi) is 5.94. The van der Waals surface area contributed by atoms with E-state index in [1.54, 1.807) is 0 Å². The molecule has 0 radical (unpaired) electrons. The Bertz CT molecular complexity index is 153. The molecule has 0 aliphatic rings. The van der Waals surface area contributed by atoms with Gasteiger partial charge in [0.2, 0.25) is 0 Å². The molecule has 0 unspecified atom stereocenters. The molecule has 70 valence electrons. The molecule has 0 spiro atoms. The van der Waals surface area contributed by atoms with Crippen molar-refractivity contribution in [2.75, 3.05) is 13.1 Å². The molecule has 0 aliphatic carbocycles. The van der Waals surface area contributed by atoms with Gasteiger partial charge < -0.3 is 11.7 Å². The molecular formula is C6H16N6. The van der Waals surface area contributed by atoms with Crippen molar-refractivity contribution in [1.29, 1.82) is 0 Å². The number of nitrogens with two attached hydrogens (primary N) is 2. The third-order valence-corrected chi connectivity index (χ3v) is 1.25. The van der Waals surface area contributed by atoms with Crippen molar-refractivity contribution in [3.63, 3.8) is 0 Å². The van der Waals surface area contributed by atoms with Crippen LogP contribution < -0.4 is 22.5 Å². The fraction of sp³-hybridized carbons (Fsp3) is 0.667. The molecule has 0 amide bonds. The van der Waals surface area contributed by atoms with Crippen molar-refractivity contribution in [2.45, 2.75) is 13.8 Å². The van der Waals surface area contributed by atoms with E-state index in [0.29, 0.717) is 13.1 Å². The summed E-state index contributed by atoms with van der Waals surface area (Å²) in [6.07, 6.45) is 0. The van der Waals surface area contributed by atoms with E-state index in [9.17, 15) is 0 Å².